The van der Waals surface area contributed by atoms with Gasteiger partial charge in [-0.2, -0.15) is 17.0 Å². The fraction of sp³-hybridized carbons (Fsp3) is 0.538. The van der Waals surface area contributed by atoms with E-state index in [0.717, 1.165) is 4.31 Å². The molecule has 1 aliphatic rings. The highest BCUT2D eigenvalue weighted by Crippen LogP contribution is 2.22. The first-order valence-electron chi connectivity index (χ1n) is 6.98. The van der Waals surface area contributed by atoms with Gasteiger partial charge >= 0.3 is 0 Å². The fourth-order valence-electron chi connectivity index (χ4n) is 2.35. The predicted molar refractivity (Wildman–Crippen MR) is 86.2 cm³/mol. The van der Waals surface area contributed by atoms with E-state index in [9.17, 15) is 16.8 Å². The second-order valence-corrected chi connectivity index (χ2v) is 9.53. The van der Waals surface area contributed by atoms with Gasteiger partial charge in [0.1, 0.15) is 0 Å². The molecule has 2 rings (SSSR count). The van der Waals surface area contributed by atoms with Crippen molar-refractivity contribution in [2.45, 2.75) is 18.1 Å². The Morgan fingerprint density at radius 3 is 2.36 bits per heavy atom. The maximum Gasteiger partial charge on any atom is 0.281 e. The molecule has 9 heteroatoms. The van der Waals surface area contributed by atoms with Crippen molar-refractivity contribution in [3.63, 3.8) is 0 Å². The molecule has 7 nitrogen and oxygen atoms in total. The zero-order chi connectivity index (χ0) is 16.4. The summed E-state index contributed by atoms with van der Waals surface area (Å²) in [6.45, 7) is 0.320. The lowest BCUT2D eigenvalue weighted by Gasteiger charge is -2.33. The molecule has 0 spiro atoms. The number of piperidine rings is 1. The van der Waals surface area contributed by atoms with Gasteiger partial charge in [-0.05, 0) is 25.0 Å². The molecule has 0 aromatic heterocycles. The van der Waals surface area contributed by atoms with E-state index in [2.05, 4.69) is 4.72 Å². The molecule has 0 amide bonds. The molecule has 0 aliphatic carbocycles. The highest BCUT2D eigenvalue weighted by atomic mass is 32.2. The number of rotatable bonds is 5. The maximum absolute atomic E-state index is 12.5. The van der Waals surface area contributed by atoms with Crippen LogP contribution in [-0.2, 0) is 20.2 Å². The van der Waals surface area contributed by atoms with Gasteiger partial charge in [-0.3, -0.25) is 4.72 Å². The standard InChI is InChI=1S/C13H21N3O4S2/c1-15(2)22(19,20)16-10-6-9-13(11-16)21(17,18)14-12-7-4-3-5-8-12/h3-5,7-8,13-14H,6,9-11H2,1-2H3/t13-/m0/s1. The predicted octanol–water partition coefficient (Wildman–Crippen LogP) is 0.699. The van der Waals surface area contributed by atoms with Crippen LogP contribution in [0.3, 0.4) is 0 Å². The Morgan fingerprint density at radius 2 is 1.77 bits per heavy atom. The van der Waals surface area contributed by atoms with Gasteiger partial charge in [0.15, 0.2) is 0 Å². The number of para-hydroxylation sites is 1. The molecule has 1 aliphatic heterocycles. The van der Waals surface area contributed by atoms with Gasteiger partial charge in [0, 0.05) is 32.9 Å². The molecule has 1 aromatic carbocycles. The van der Waals surface area contributed by atoms with Crippen LogP contribution in [0.2, 0.25) is 0 Å². The van der Waals surface area contributed by atoms with Crippen molar-refractivity contribution in [3.05, 3.63) is 30.3 Å². The Morgan fingerprint density at radius 1 is 1.14 bits per heavy atom. The van der Waals surface area contributed by atoms with E-state index in [4.69, 9.17) is 0 Å². The Labute approximate surface area is 132 Å². The number of sulfonamides is 1. The number of nitrogens with one attached hydrogen (secondary N) is 1. The van der Waals surface area contributed by atoms with Crippen LogP contribution in [0.5, 0.6) is 0 Å². The lowest BCUT2D eigenvalue weighted by molar-refractivity contribution is 0.325. The van der Waals surface area contributed by atoms with Gasteiger partial charge in [-0.25, -0.2) is 8.42 Å². The number of benzene rings is 1. The summed E-state index contributed by atoms with van der Waals surface area (Å²) in [4.78, 5) is 0. The topological polar surface area (TPSA) is 86.8 Å². The van der Waals surface area contributed by atoms with Gasteiger partial charge in [0.2, 0.25) is 10.0 Å². The van der Waals surface area contributed by atoms with Gasteiger partial charge < -0.3 is 0 Å². The minimum Gasteiger partial charge on any atom is -0.283 e. The van der Waals surface area contributed by atoms with Crippen LogP contribution in [0.4, 0.5) is 5.69 Å². The third-order valence-electron chi connectivity index (χ3n) is 3.60. The molecule has 1 fully saturated rings. The van der Waals surface area contributed by atoms with Gasteiger partial charge in [-0.15, -0.1) is 0 Å². The Hall–Kier alpha value is -1.16. The Kier molecular flexibility index (Phi) is 5.10. The molecule has 0 saturated carbocycles. The second-order valence-electron chi connectivity index (χ2n) is 5.43. The molecule has 0 radical (unpaired) electrons. The van der Waals surface area contributed by atoms with Crippen LogP contribution in [0.1, 0.15) is 12.8 Å². The summed E-state index contributed by atoms with van der Waals surface area (Å²) in [6.07, 6.45) is 0.967. The molecular formula is C13H21N3O4S2. The van der Waals surface area contributed by atoms with E-state index < -0.39 is 25.5 Å². The van der Waals surface area contributed by atoms with E-state index in [-0.39, 0.29) is 6.54 Å². The summed E-state index contributed by atoms with van der Waals surface area (Å²) < 4.78 is 54.1. The van der Waals surface area contributed by atoms with Crippen LogP contribution in [0.15, 0.2) is 30.3 Å². The molecule has 22 heavy (non-hydrogen) atoms. The summed E-state index contributed by atoms with van der Waals surface area (Å²) in [5, 5.41) is -0.754. The molecule has 1 N–H and O–H groups in total. The number of anilines is 1. The number of hydrogen-bond donors (Lipinski definition) is 1. The first kappa shape index (κ1) is 17.2. The molecule has 1 atom stereocenters. The smallest absolute Gasteiger partial charge is 0.281 e. The fourth-order valence-corrected chi connectivity index (χ4v) is 5.12. The zero-order valence-corrected chi connectivity index (χ0v) is 14.3. The van der Waals surface area contributed by atoms with Crippen molar-refractivity contribution >= 4 is 25.9 Å². The Balaban J connectivity index is 2.15. The van der Waals surface area contributed by atoms with E-state index >= 15 is 0 Å². The van der Waals surface area contributed by atoms with Crippen molar-refractivity contribution in [1.29, 1.82) is 0 Å². The Bertz CT molecular complexity index is 702. The van der Waals surface area contributed by atoms with Crippen molar-refractivity contribution in [2.75, 3.05) is 31.9 Å². The number of nitrogens with zero attached hydrogens (tertiary/aromatic N) is 2. The largest absolute Gasteiger partial charge is 0.283 e. The van der Waals surface area contributed by atoms with Gasteiger partial charge in [0.05, 0.1) is 5.25 Å². The highest BCUT2D eigenvalue weighted by molar-refractivity contribution is 7.93. The second kappa shape index (κ2) is 6.53. The van der Waals surface area contributed by atoms with Crippen LogP contribution < -0.4 is 4.72 Å². The first-order chi connectivity index (χ1) is 10.2. The quantitative estimate of drug-likeness (QED) is 0.849. The molecule has 0 bridgehead atoms. The van der Waals surface area contributed by atoms with Crippen LogP contribution in [-0.4, -0.2) is 57.9 Å². The molecule has 1 heterocycles. The molecule has 1 aromatic rings. The lowest BCUT2D eigenvalue weighted by atomic mass is 10.2. The van der Waals surface area contributed by atoms with Crippen molar-refractivity contribution in [2.24, 2.45) is 0 Å². The first-order valence-corrected chi connectivity index (χ1v) is 9.92. The summed E-state index contributed by atoms with van der Waals surface area (Å²) in [5.74, 6) is 0. The summed E-state index contributed by atoms with van der Waals surface area (Å²) in [5.41, 5.74) is 0.482. The van der Waals surface area contributed by atoms with E-state index in [1.807, 2.05) is 0 Å². The van der Waals surface area contributed by atoms with Gasteiger partial charge in [0.25, 0.3) is 10.2 Å². The molecular weight excluding hydrogens is 326 g/mol. The van der Waals surface area contributed by atoms with Crippen molar-refractivity contribution < 1.29 is 16.8 Å². The van der Waals surface area contributed by atoms with E-state index in [1.54, 1.807) is 30.3 Å². The average molecular weight is 347 g/mol. The maximum atomic E-state index is 12.5. The zero-order valence-electron chi connectivity index (χ0n) is 12.6. The number of hydrogen-bond acceptors (Lipinski definition) is 4. The van der Waals surface area contributed by atoms with Crippen molar-refractivity contribution in [3.8, 4) is 0 Å². The van der Waals surface area contributed by atoms with Crippen molar-refractivity contribution in [1.82, 2.24) is 8.61 Å². The van der Waals surface area contributed by atoms with Gasteiger partial charge in [-0.1, -0.05) is 18.2 Å². The normalized spacial score (nSPS) is 21.0. The summed E-state index contributed by atoms with van der Waals surface area (Å²) in [7, 11) is -4.34. The monoisotopic (exact) mass is 347 g/mol. The summed E-state index contributed by atoms with van der Waals surface area (Å²) >= 11 is 0. The van der Waals surface area contributed by atoms with E-state index in [0.29, 0.717) is 25.1 Å². The molecule has 124 valence electrons. The van der Waals surface area contributed by atoms with Crippen LogP contribution >= 0.6 is 0 Å². The molecule has 1 saturated heterocycles. The molecule has 0 unspecified atom stereocenters. The third-order valence-corrected chi connectivity index (χ3v) is 7.29. The summed E-state index contributed by atoms with van der Waals surface area (Å²) in [6, 6.07) is 8.59. The third kappa shape index (κ3) is 3.78. The minimum atomic E-state index is -3.63. The lowest BCUT2D eigenvalue weighted by Crippen LogP contribution is -2.49. The van der Waals surface area contributed by atoms with E-state index in [1.165, 1.54) is 18.4 Å². The average Bonchev–Trinajstić information content (AvgIpc) is 2.48. The SMILES string of the molecule is CN(C)S(=O)(=O)N1CCC[C@H](S(=O)(=O)Nc2ccccc2)C1. The minimum absolute atomic E-state index is 0.0251. The highest BCUT2D eigenvalue weighted by Gasteiger charge is 2.36. The van der Waals surface area contributed by atoms with Crippen LogP contribution in [0, 0.1) is 0 Å². The van der Waals surface area contributed by atoms with Crippen LogP contribution in [0.25, 0.3) is 0 Å².